The van der Waals surface area contributed by atoms with Gasteiger partial charge in [0.25, 0.3) is 0 Å². The summed E-state index contributed by atoms with van der Waals surface area (Å²) < 4.78 is 4.07. The van der Waals surface area contributed by atoms with E-state index in [4.69, 9.17) is 5.73 Å². The summed E-state index contributed by atoms with van der Waals surface area (Å²) in [5.74, 6) is 0. The fraction of sp³-hybridized carbons (Fsp3) is 0.400. The average Bonchev–Trinajstić information content (AvgIpc) is 2.68. The highest BCUT2D eigenvalue weighted by molar-refractivity contribution is 9.10. The Labute approximate surface area is 136 Å². The van der Waals surface area contributed by atoms with Gasteiger partial charge in [0.2, 0.25) is 0 Å². The van der Waals surface area contributed by atoms with Crippen LogP contribution in [0.3, 0.4) is 0 Å². The molecule has 0 spiro atoms. The Bertz CT molecular complexity index is 620. The minimum absolute atomic E-state index is 0.0549. The molecule has 0 aliphatic heterocycles. The maximum absolute atomic E-state index is 6.39. The molecule has 0 aliphatic carbocycles. The van der Waals surface area contributed by atoms with Crippen LogP contribution in [0.25, 0.3) is 0 Å². The number of hydrogen-bond acceptors (Lipinski definition) is 2. The van der Waals surface area contributed by atoms with E-state index in [9.17, 15) is 0 Å². The van der Waals surface area contributed by atoms with Crippen LogP contribution in [0.2, 0.25) is 0 Å². The molecule has 0 bridgehead atoms. The number of aryl methyl sites for hydroxylation is 3. The maximum Gasteiger partial charge on any atom is 0.0766 e. The highest BCUT2D eigenvalue weighted by atomic mass is 79.9. The molecule has 0 aliphatic rings. The number of rotatable bonds is 4. The van der Waals surface area contributed by atoms with Crippen molar-refractivity contribution in [2.24, 2.45) is 12.8 Å². The molecule has 108 valence electrons. The molecule has 2 N–H and O–H groups in total. The monoisotopic (exact) mass is 399 g/mol. The largest absolute Gasteiger partial charge is 0.324 e. The molecule has 0 saturated heterocycles. The molecule has 1 aromatic heterocycles. The van der Waals surface area contributed by atoms with Crippen molar-refractivity contribution in [3.8, 4) is 0 Å². The van der Waals surface area contributed by atoms with Crippen LogP contribution in [0.5, 0.6) is 0 Å². The zero-order valence-electron chi connectivity index (χ0n) is 12.0. The third kappa shape index (κ3) is 3.15. The van der Waals surface area contributed by atoms with Crippen LogP contribution in [-0.2, 0) is 19.9 Å². The molecule has 2 aromatic rings. The molecule has 1 unspecified atom stereocenters. The second-order valence-electron chi connectivity index (χ2n) is 5.02. The van der Waals surface area contributed by atoms with Gasteiger partial charge < -0.3 is 5.73 Å². The van der Waals surface area contributed by atoms with Crippen molar-refractivity contribution in [2.45, 2.75) is 32.7 Å². The van der Waals surface area contributed by atoms with Crippen molar-refractivity contribution < 1.29 is 0 Å². The van der Waals surface area contributed by atoms with E-state index in [1.165, 1.54) is 5.56 Å². The lowest BCUT2D eigenvalue weighted by Gasteiger charge is -2.15. The topological polar surface area (TPSA) is 43.8 Å². The number of aromatic nitrogens is 2. The lowest BCUT2D eigenvalue weighted by atomic mass is 10.0. The number of hydrogen-bond donors (Lipinski definition) is 1. The highest BCUT2D eigenvalue weighted by Crippen LogP contribution is 2.29. The second kappa shape index (κ2) is 6.41. The van der Waals surface area contributed by atoms with Gasteiger partial charge in [0.1, 0.15) is 0 Å². The van der Waals surface area contributed by atoms with E-state index in [2.05, 4.69) is 69.0 Å². The molecule has 0 radical (unpaired) electrons. The number of benzene rings is 1. The molecular formula is C15H19Br2N3. The Balaban J connectivity index is 2.30. The van der Waals surface area contributed by atoms with Gasteiger partial charge in [0, 0.05) is 24.0 Å². The summed E-state index contributed by atoms with van der Waals surface area (Å²) in [6, 6.07) is 6.22. The van der Waals surface area contributed by atoms with Crippen LogP contribution < -0.4 is 5.73 Å². The molecule has 1 atom stereocenters. The van der Waals surface area contributed by atoms with Gasteiger partial charge in [0.15, 0.2) is 0 Å². The molecule has 2 rings (SSSR count). The summed E-state index contributed by atoms with van der Waals surface area (Å²) in [6.45, 7) is 4.19. The quantitative estimate of drug-likeness (QED) is 0.840. The fourth-order valence-corrected chi connectivity index (χ4v) is 3.63. The van der Waals surface area contributed by atoms with E-state index in [0.29, 0.717) is 0 Å². The van der Waals surface area contributed by atoms with E-state index < -0.39 is 0 Å². The van der Waals surface area contributed by atoms with Crippen LogP contribution in [0.1, 0.15) is 35.5 Å². The van der Waals surface area contributed by atoms with Gasteiger partial charge in [0.05, 0.1) is 15.9 Å². The van der Waals surface area contributed by atoms with Crippen LogP contribution in [0, 0.1) is 6.92 Å². The Hall–Kier alpha value is -0.650. The van der Waals surface area contributed by atoms with Gasteiger partial charge in [-0.2, -0.15) is 5.10 Å². The minimum Gasteiger partial charge on any atom is -0.324 e. The Kier molecular flexibility index (Phi) is 5.04. The van der Waals surface area contributed by atoms with E-state index in [1.807, 2.05) is 11.7 Å². The van der Waals surface area contributed by atoms with Gasteiger partial charge >= 0.3 is 0 Å². The zero-order valence-corrected chi connectivity index (χ0v) is 15.1. The maximum atomic E-state index is 6.39. The van der Waals surface area contributed by atoms with Crippen LogP contribution in [-0.4, -0.2) is 9.78 Å². The van der Waals surface area contributed by atoms with E-state index >= 15 is 0 Å². The Morgan fingerprint density at radius 2 is 2.05 bits per heavy atom. The average molecular weight is 401 g/mol. The van der Waals surface area contributed by atoms with Gasteiger partial charge in [-0.15, -0.1) is 0 Å². The molecule has 5 heteroatoms. The van der Waals surface area contributed by atoms with Crippen molar-refractivity contribution in [3.63, 3.8) is 0 Å². The summed E-state index contributed by atoms with van der Waals surface area (Å²) in [4.78, 5) is 0. The van der Waals surface area contributed by atoms with E-state index in [0.717, 1.165) is 38.7 Å². The second-order valence-corrected chi connectivity index (χ2v) is 6.67. The smallest absolute Gasteiger partial charge is 0.0766 e. The predicted octanol–water partition coefficient (Wildman–Crippen LogP) is 4.06. The van der Waals surface area contributed by atoms with E-state index in [-0.39, 0.29) is 6.04 Å². The highest BCUT2D eigenvalue weighted by Gasteiger charge is 2.18. The summed E-state index contributed by atoms with van der Waals surface area (Å²) in [5.41, 5.74) is 11.0. The lowest BCUT2D eigenvalue weighted by Crippen LogP contribution is -2.16. The van der Waals surface area contributed by atoms with Gasteiger partial charge in [-0.25, -0.2) is 0 Å². The first-order valence-corrected chi connectivity index (χ1v) is 8.24. The fourth-order valence-electron chi connectivity index (χ4n) is 2.31. The van der Waals surface area contributed by atoms with Crippen molar-refractivity contribution in [2.75, 3.05) is 0 Å². The zero-order chi connectivity index (χ0) is 14.9. The van der Waals surface area contributed by atoms with Crippen molar-refractivity contribution in [1.82, 2.24) is 9.78 Å². The first-order valence-electron chi connectivity index (χ1n) is 6.65. The molecule has 1 heterocycles. The lowest BCUT2D eigenvalue weighted by molar-refractivity contribution is 0.635. The first kappa shape index (κ1) is 15.7. The first-order chi connectivity index (χ1) is 9.43. The summed E-state index contributed by atoms with van der Waals surface area (Å²) in [7, 11) is 1.97. The summed E-state index contributed by atoms with van der Waals surface area (Å²) >= 11 is 7.23. The van der Waals surface area contributed by atoms with Gasteiger partial charge in [-0.3, -0.25) is 4.68 Å². The summed E-state index contributed by atoms with van der Waals surface area (Å²) in [6.07, 6.45) is 1.67. The molecule has 0 fully saturated rings. The van der Waals surface area contributed by atoms with Gasteiger partial charge in [-0.05, 0) is 40.9 Å². The van der Waals surface area contributed by atoms with Crippen molar-refractivity contribution in [3.05, 3.63) is 49.7 Å². The van der Waals surface area contributed by atoms with Crippen molar-refractivity contribution in [1.29, 1.82) is 0 Å². The van der Waals surface area contributed by atoms with Gasteiger partial charge in [-0.1, -0.05) is 40.5 Å². The normalized spacial score (nSPS) is 12.7. The molecule has 0 saturated carbocycles. The Morgan fingerprint density at radius 3 is 2.65 bits per heavy atom. The molecular weight excluding hydrogens is 382 g/mol. The standard InChI is InChI=1S/C15H19Br2N3/c1-4-13-15(17)14(20(3)19-13)8-12(18)10-7-9(2)5-6-11(10)16/h5-7,12H,4,8,18H2,1-3H3. The van der Waals surface area contributed by atoms with Crippen LogP contribution in [0.15, 0.2) is 27.1 Å². The number of nitrogens with two attached hydrogens (primary N) is 1. The van der Waals surface area contributed by atoms with E-state index in [1.54, 1.807) is 0 Å². The van der Waals surface area contributed by atoms with Crippen LogP contribution in [0.4, 0.5) is 0 Å². The molecule has 0 amide bonds. The minimum atomic E-state index is -0.0549. The number of halogens is 2. The Morgan fingerprint density at radius 1 is 1.35 bits per heavy atom. The predicted molar refractivity (Wildman–Crippen MR) is 89.8 cm³/mol. The SMILES string of the molecule is CCc1nn(C)c(CC(N)c2cc(C)ccc2Br)c1Br. The van der Waals surface area contributed by atoms with Crippen LogP contribution >= 0.6 is 31.9 Å². The molecule has 20 heavy (non-hydrogen) atoms. The third-order valence-electron chi connectivity index (χ3n) is 3.47. The summed E-state index contributed by atoms with van der Waals surface area (Å²) in [5, 5.41) is 4.52. The molecule has 1 aromatic carbocycles. The number of nitrogens with zero attached hydrogens (tertiary/aromatic N) is 2. The molecule has 3 nitrogen and oxygen atoms in total. The third-order valence-corrected chi connectivity index (χ3v) is 5.10. The van der Waals surface area contributed by atoms with Crippen molar-refractivity contribution >= 4 is 31.9 Å².